The summed E-state index contributed by atoms with van der Waals surface area (Å²) in [7, 11) is 0.796. The molecule has 0 amide bonds. The molecule has 0 aromatic heterocycles. The third kappa shape index (κ3) is 11.9. The fraction of sp³-hybridized carbons (Fsp3) is 0.700. The van der Waals surface area contributed by atoms with Crippen LogP contribution in [0.1, 0.15) is 32.1 Å². The van der Waals surface area contributed by atoms with Crippen molar-refractivity contribution in [3.8, 4) is 0 Å². The molecule has 0 aromatic carbocycles. The molecule has 0 N–H and O–H groups in total. The fourth-order valence-corrected chi connectivity index (χ4v) is 1.74. The van der Waals surface area contributed by atoms with Crippen LogP contribution in [0.2, 0.25) is 0 Å². The summed E-state index contributed by atoms with van der Waals surface area (Å²) < 4.78 is 4.36. The van der Waals surface area contributed by atoms with Gasteiger partial charge in [0.1, 0.15) is 0 Å². The summed E-state index contributed by atoms with van der Waals surface area (Å²) in [6.07, 6.45) is 6.07. The zero-order valence-electron chi connectivity index (χ0n) is 9.10. The van der Waals surface area contributed by atoms with Gasteiger partial charge in [-0.05, 0) is 12.8 Å². The summed E-state index contributed by atoms with van der Waals surface area (Å²) >= 11 is 11.8. The predicted molar refractivity (Wildman–Crippen MR) is 68.6 cm³/mol. The SMILES string of the molecule is C=CC(=O)OCCCCCCC([SiH3])(Cl)Cl. The van der Waals surface area contributed by atoms with Gasteiger partial charge in [-0.1, -0.05) is 25.8 Å². The first-order valence-electron chi connectivity index (χ1n) is 5.13. The average Bonchev–Trinajstić information content (AvgIpc) is 2.14. The van der Waals surface area contributed by atoms with E-state index >= 15 is 0 Å². The maximum Gasteiger partial charge on any atom is 0.330 e. The van der Waals surface area contributed by atoms with Gasteiger partial charge in [0.05, 0.1) is 10.6 Å². The van der Waals surface area contributed by atoms with Crippen LogP contribution in [0, 0.1) is 0 Å². The number of unbranched alkanes of at least 4 members (excludes halogenated alkanes) is 3. The number of carbonyl (C=O) groups is 1. The molecule has 15 heavy (non-hydrogen) atoms. The number of hydrogen-bond donors (Lipinski definition) is 0. The van der Waals surface area contributed by atoms with Crippen molar-refractivity contribution >= 4 is 39.4 Å². The number of carbonyl (C=O) groups excluding carboxylic acids is 1. The van der Waals surface area contributed by atoms with Crippen LogP contribution in [0.3, 0.4) is 0 Å². The van der Waals surface area contributed by atoms with E-state index in [0.717, 1.165) is 42.3 Å². The van der Waals surface area contributed by atoms with Crippen LogP contribution >= 0.6 is 23.2 Å². The van der Waals surface area contributed by atoms with Gasteiger partial charge in [-0.25, -0.2) is 4.79 Å². The maximum atomic E-state index is 10.7. The van der Waals surface area contributed by atoms with Gasteiger partial charge in [-0.3, -0.25) is 0 Å². The number of ether oxygens (including phenoxy) is 1. The molecule has 0 saturated heterocycles. The van der Waals surface area contributed by atoms with Crippen molar-refractivity contribution in [1.29, 1.82) is 0 Å². The van der Waals surface area contributed by atoms with Crippen LogP contribution in [0.25, 0.3) is 0 Å². The molecule has 0 heterocycles. The van der Waals surface area contributed by atoms with E-state index in [2.05, 4.69) is 6.58 Å². The highest BCUT2D eigenvalue weighted by atomic mass is 35.5. The van der Waals surface area contributed by atoms with Crippen molar-refractivity contribution in [2.24, 2.45) is 0 Å². The fourth-order valence-electron chi connectivity index (χ4n) is 1.12. The monoisotopic (exact) mass is 268 g/mol. The molecule has 0 aromatic rings. The molecular weight excluding hydrogens is 251 g/mol. The Bertz CT molecular complexity index is 202. The molecule has 0 saturated carbocycles. The average molecular weight is 269 g/mol. The van der Waals surface area contributed by atoms with Crippen molar-refractivity contribution in [2.75, 3.05) is 6.61 Å². The number of halogens is 2. The Balaban J connectivity index is 3.19. The van der Waals surface area contributed by atoms with Crippen molar-refractivity contribution < 1.29 is 9.53 Å². The first kappa shape index (κ1) is 15.0. The minimum absolute atomic E-state index is 0.352. The van der Waals surface area contributed by atoms with E-state index in [1.165, 1.54) is 6.08 Å². The van der Waals surface area contributed by atoms with Crippen molar-refractivity contribution in [3.05, 3.63) is 12.7 Å². The third-order valence-electron chi connectivity index (χ3n) is 1.92. The number of hydrogen-bond acceptors (Lipinski definition) is 2. The normalized spacial score (nSPS) is 11.3. The van der Waals surface area contributed by atoms with Crippen LogP contribution in [-0.4, -0.2) is 26.8 Å². The molecule has 2 nitrogen and oxygen atoms in total. The van der Waals surface area contributed by atoms with Crippen molar-refractivity contribution in [1.82, 2.24) is 0 Å². The quantitative estimate of drug-likeness (QED) is 0.222. The van der Waals surface area contributed by atoms with Gasteiger partial charge in [0.15, 0.2) is 0 Å². The summed E-state index contributed by atoms with van der Waals surface area (Å²) in [6.45, 7) is 3.79. The summed E-state index contributed by atoms with van der Waals surface area (Å²) in [6, 6.07) is 0. The second-order valence-corrected chi connectivity index (χ2v) is 8.44. The van der Waals surface area contributed by atoms with Crippen molar-refractivity contribution in [3.63, 3.8) is 0 Å². The molecule has 0 unspecified atom stereocenters. The number of esters is 1. The van der Waals surface area contributed by atoms with Gasteiger partial charge in [0.2, 0.25) is 0 Å². The van der Waals surface area contributed by atoms with Gasteiger partial charge in [0, 0.05) is 16.3 Å². The molecule has 5 heteroatoms. The molecule has 0 spiro atoms. The maximum absolute atomic E-state index is 10.7. The first-order chi connectivity index (χ1) is 6.95. The highest BCUT2D eigenvalue weighted by Gasteiger charge is 2.14. The summed E-state index contributed by atoms with van der Waals surface area (Å²) in [5.41, 5.74) is 0. The Labute approximate surface area is 104 Å². The lowest BCUT2D eigenvalue weighted by molar-refractivity contribution is -0.137. The molecule has 0 rings (SSSR count). The van der Waals surface area contributed by atoms with Crippen LogP contribution < -0.4 is 0 Å². The smallest absolute Gasteiger partial charge is 0.330 e. The van der Waals surface area contributed by atoms with E-state index in [0.29, 0.717) is 6.61 Å². The van der Waals surface area contributed by atoms with E-state index in [9.17, 15) is 4.79 Å². The zero-order chi connectivity index (χ0) is 11.7. The molecule has 0 aliphatic rings. The molecule has 88 valence electrons. The van der Waals surface area contributed by atoms with Gasteiger partial charge in [0.25, 0.3) is 0 Å². The Morgan fingerprint density at radius 1 is 1.33 bits per heavy atom. The lowest BCUT2D eigenvalue weighted by atomic mass is 10.2. The van der Waals surface area contributed by atoms with E-state index < -0.39 is 3.96 Å². The molecule has 0 aliphatic heterocycles. The Kier molecular flexibility index (Phi) is 8.20. The van der Waals surface area contributed by atoms with E-state index in [1.54, 1.807) is 0 Å². The highest BCUT2D eigenvalue weighted by molar-refractivity contribution is 6.65. The third-order valence-corrected chi connectivity index (χ3v) is 2.80. The standard InChI is InChI=1S/C10H18Cl2O2Si/c1-2-9(13)14-8-6-4-3-5-7-10(11,12)15/h2H,1,3-8H2,15H3. The minimum Gasteiger partial charge on any atom is -0.463 e. The molecule has 0 aliphatic carbocycles. The lowest BCUT2D eigenvalue weighted by Gasteiger charge is -2.12. The highest BCUT2D eigenvalue weighted by Crippen LogP contribution is 2.23. The molecule has 0 bridgehead atoms. The first-order valence-corrected chi connectivity index (χ1v) is 6.88. The molecule has 0 fully saturated rings. The summed E-state index contributed by atoms with van der Waals surface area (Å²) in [5, 5.41) is 0. The van der Waals surface area contributed by atoms with E-state index in [4.69, 9.17) is 27.9 Å². The topological polar surface area (TPSA) is 26.3 Å². The van der Waals surface area contributed by atoms with Crippen LogP contribution in [0.15, 0.2) is 12.7 Å². The van der Waals surface area contributed by atoms with Gasteiger partial charge < -0.3 is 4.74 Å². The van der Waals surface area contributed by atoms with Gasteiger partial charge >= 0.3 is 5.97 Å². The molecule has 0 atom stereocenters. The van der Waals surface area contributed by atoms with Gasteiger partial charge in [-0.15, -0.1) is 23.2 Å². The number of rotatable bonds is 8. The van der Waals surface area contributed by atoms with E-state index in [-0.39, 0.29) is 5.97 Å². The number of alkyl halides is 2. The second kappa shape index (κ2) is 8.19. The van der Waals surface area contributed by atoms with Crippen molar-refractivity contribution in [2.45, 2.75) is 36.1 Å². The minimum atomic E-state index is -0.477. The summed E-state index contributed by atoms with van der Waals surface area (Å²) in [4.78, 5) is 10.7. The van der Waals surface area contributed by atoms with Crippen LogP contribution in [-0.2, 0) is 9.53 Å². The molecule has 0 radical (unpaired) electrons. The zero-order valence-corrected chi connectivity index (χ0v) is 12.6. The lowest BCUT2D eigenvalue weighted by Crippen LogP contribution is -2.11. The second-order valence-electron chi connectivity index (χ2n) is 3.61. The Hall–Kier alpha value is 0.00688. The Morgan fingerprint density at radius 2 is 1.93 bits per heavy atom. The predicted octanol–water partition coefficient (Wildman–Crippen LogP) is 2.16. The van der Waals surface area contributed by atoms with Crippen LogP contribution in [0.4, 0.5) is 0 Å². The van der Waals surface area contributed by atoms with Gasteiger partial charge in [-0.2, -0.15) is 0 Å². The largest absolute Gasteiger partial charge is 0.463 e. The summed E-state index contributed by atoms with van der Waals surface area (Å²) in [5.74, 6) is -0.352. The van der Waals surface area contributed by atoms with E-state index in [1.807, 2.05) is 0 Å². The molecular formula is C10H18Cl2O2Si. The Morgan fingerprint density at radius 3 is 2.47 bits per heavy atom. The van der Waals surface area contributed by atoms with Crippen LogP contribution in [0.5, 0.6) is 0 Å².